The van der Waals surface area contributed by atoms with E-state index >= 15 is 0 Å². The monoisotopic (exact) mass is 391 g/mol. The Balaban J connectivity index is 2.23. The van der Waals surface area contributed by atoms with Crippen molar-refractivity contribution in [3.05, 3.63) is 23.8 Å². The molecule has 2 rings (SSSR count). The molecular weight excluding hydrogens is 358 g/mol. The van der Waals surface area contributed by atoms with Gasteiger partial charge in [-0.1, -0.05) is 33.1 Å². The van der Waals surface area contributed by atoms with E-state index in [1.807, 2.05) is 20.8 Å². The molecule has 0 saturated heterocycles. The Morgan fingerprint density at radius 1 is 1.11 bits per heavy atom. The predicted octanol–water partition coefficient (Wildman–Crippen LogP) is 4.58. The van der Waals surface area contributed by atoms with Gasteiger partial charge in [-0.05, 0) is 50.8 Å². The fraction of sp³-hybridized carbons (Fsp3) is 0.636. The maximum Gasteiger partial charge on any atom is 0.341 e. The number of esters is 1. The van der Waals surface area contributed by atoms with Crippen LogP contribution in [-0.4, -0.2) is 37.3 Å². The Morgan fingerprint density at radius 2 is 1.82 bits per heavy atom. The first-order chi connectivity index (χ1) is 13.4. The second-order valence-electron chi connectivity index (χ2n) is 7.58. The normalized spacial score (nSPS) is 15.9. The van der Waals surface area contributed by atoms with Crippen molar-refractivity contribution in [2.75, 3.05) is 25.1 Å². The first-order valence-electron chi connectivity index (χ1n) is 10.3. The standard InChI is InChI=1S/C22H33NO5/c1-5-26-20(24)18-14-17(10-11-19(18)27-15-16(3)4)23-21(25)22(28-6-2)12-8-7-9-13-22/h10-11,14,16H,5-9,12-13,15H2,1-4H3,(H,23,25). The van der Waals surface area contributed by atoms with Crippen LogP contribution in [0.1, 0.15) is 70.2 Å². The Labute approximate surface area is 167 Å². The molecule has 1 aromatic rings. The van der Waals surface area contributed by atoms with Crippen molar-refractivity contribution in [3.63, 3.8) is 0 Å². The first-order valence-corrected chi connectivity index (χ1v) is 10.3. The summed E-state index contributed by atoms with van der Waals surface area (Å²) >= 11 is 0. The Hall–Kier alpha value is -2.08. The number of hydrogen-bond acceptors (Lipinski definition) is 5. The first kappa shape index (κ1) is 22.2. The van der Waals surface area contributed by atoms with Gasteiger partial charge in [0.1, 0.15) is 16.9 Å². The van der Waals surface area contributed by atoms with Crippen LogP contribution in [0.2, 0.25) is 0 Å². The lowest BCUT2D eigenvalue weighted by molar-refractivity contribution is -0.145. The van der Waals surface area contributed by atoms with Crippen LogP contribution in [0.15, 0.2) is 18.2 Å². The largest absolute Gasteiger partial charge is 0.492 e. The average molecular weight is 392 g/mol. The molecule has 1 aliphatic carbocycles. The second-order valence-corrected chi connectivity index (χ2v) is 7.58. The van der Waals surface area contributed by atoms with E-state index in [1.165, 1.54) is 0 Å². The summed E-state index contributed by atoms with van der Waals surface area (Å²) in [5.74, 6) is 0.170. The number of amides is 1. The highest BCUT2D eigenvalue weighted by Crippen LogP contribution is 2.33. The Morgan fingerprint density at radius 3 is 2.43 bits per heavy atom. The van der Waals surface area contributed by atoms with Gasteiger partial charge in [0.25, 0.3) is 5.91 Å². The van der Waals surface area contributed by atoms with Crippen LogP contribution in [0.5, 0.6) is 5.75 Å². The molecule has 0 unspecified atom stereocenters. The number of hydrogen-bond donors (Lipinski definition) is 1. The topological polar surface area (TPSA) is 73.9 Å². The molecule has 1 N–H and O–H groups in total. The fourth-order valence-electron chi connectivity index (χ4n) is 3.44. The second kappa shape index (κ2) is 10.5. The number of benzene rings is 1. The number of ether oxygens (including phenoxy) is 3. The molecule has 6 heteroatoms. The number of nitrogens with one attached hydrogen (secondary N) is 1. The predicted molar refractivity (Wildman–Crippen MR) is 109 cm³/mol. The number of anilines is 1. The van der Waals surface area contributed by atoms with Gasteiger partial charge >= 0.3 is 5.97 Å². The zero-order chi connectivity index (χ0) is 20.6. The van der Waals surface area contributed by atoms with Gasteiger partial charge in [0.05, 0.1) is 13.2 Å². The average Bonchev–Trinajstić information content (AvgIpc) is 2.68. The molecular formula is C22H33NO5. The van der Waals surface area contributed by atoms with Crippen LogP contribution in [-0.2, 0) is 14.3 Å². The summed E-state index contributed by atoms with van der Waals surface area (Å²) < 4.78 is 16.8. The summed E-state index contributed by atoms with van der Waals surface area (Å²) in [5, 5.41) is 2.94. The van der Waals surface area contributed by atoms with Gasteiger partial charge in [0.2, 0.25) is 0 Å². The maximum absolute atomic E-state index is 13.0. The van der Waals surface area contributed by atoms with E-state index in [1.54, 1.807) is 25.1 Å². The van der Waals surface area contributed by atoms with Gasteiger partial charge in [-0.15, -0.1) is 0 Å². The zero-order valence-corrected chi connectivity index (χ0v) is 17.5. The summed E-state index contributed by atoms with van der Waals surface area (Å²) in [5.41, 5.74) is 0.0631. The van der Waals surface area contributed by atoms with Crippen LogP contribution in [0.3, 0.4) is 0 Å². The van der Waals surface area contributed by atoms with Gasteiger partial charge < -0.3 is 19.5 Å². The summed E-state index contributed by atoms with van der Waals surface area (Å²) in [4.78, 5) is 25.4. The molecule has 6 nitrogen and oxygen atoms in total. The molecule has 28 heavy (non-hydrogen) atoms. The van der Waals surface area contributed by atoms with Crippen LogP contribution in [0.25, 0.3) is 0 Å². The van der Waals surface area contributed by atoms with Gasteiger partial charge in [-0.3, -0.25) is 4.79 Å². The number of carbonyl (C=O) groups excluding carboxylic acids is 2. The molecule has 1 saturated carbocycles. The van der Waals surface area contributed by atoms with Gasteiger partial charge in [0.15, 0.2) is 0 Å². The van der Waals surface area contributed by atoms with Gasteiger partial charge in [-0.25, -0.2) is 4.79 Å². The number of carbonyl (C=O) groups is 2. The lowest BCUT2D eigenvalue weighted by Crippen LogP contribution is -2.47. The molecule has 1 fully saturated rings. The van der Waals surface area contributed by atoms with Gasteiger partial charge in [-0.2, -0.15) is 0 Å². The summed E-state index contributed by atoms with van der Waals surface area (Å²) in [7, 11) is 0. The Kier molecular flexibility index (Phi) is 8.30. The summed E-state index contributed by atoms with van der Waals surface area (Å²) in [6.45, 7) is 8.99. The van der Waals surface area contributed by atoms with E-state index in [4.69, 9.17) is 14.2 Å². The third kappa shape index (κ3) is 5.71. The Bertz CT molecular complexity index is 659. The molecule has 0 heterocycles. The van der Waals surface area contributed by atoms with E-state index in [0.29, 0.717) is 49.0 Å². The highest BCUT2D eigenvalue weighted by molar-refractivity contribution is 5.99. The van der Waals surface area contributed by atoms with Crippen molar-refractivity contribution in [1.82, 2.24) is 0 Å². The quantitative estimate of drug-likeness (QED) is 0.624. The minimum absolute atomic E-state index is 0.153. The third-order valence-electron chi connectivity index (χ3n) is 4.80. The highest BCUT2D eigenvalue weighted by Gasteiger charge is 2.40. The van der Waals surface area contributed by atoms with E-state index in [9.17, 15) is 9.59 Å². The molecule has 0 spiro atoms. The highest BCUT2D eigenvalue weighted by atomic mass is 16.5. The molecule has 1 aliphatic rings. The van der Waals surface area contributed by atoms with Gasteiger partial charge in [0, 0.05) is 12.3 Å². The summed E-state index contributed by atoms with van der Waals surface area (Å²) in [6.07, 6.45) is 4.50. The van der Waals surface area contributed by atoms with Crippen molar-refractivity contribution in [3.8, 4) is 5.75 Å². The van der Waals surface area contributed by atoms with Crippen molar-refractivity contribution in [2.45, 2.75) is 65.4 Å². The zero-order valence-electron chi connectivity index (χ0n) is 17.5. The molecule has 1 amide bonds. The van der Waals surface area contributed by atoms with Crippen LogP contribution in [0.4, 0.5) is 5.69 Å². The van der Waals surface area contributed by atoms with Crippen LogP contribution < -0.4 is 10.1 Å². The minimum atomic E-state index is -0.788. The van der Waals surface area contributed by atoms with E-state index in [-0.39, 0.29) is 12.5 Å². The molecule has 1 aromatic carbocycles. The van der Waals surface area contributed by atoms with Crippen molar-refractivity contribution in [2.24, 2.45) is 5.92 Å². The lowest BCUT2D eigenvalue weighted by Gasteiger charge is -2.35. The summed E-state index contributed by atoms with van der Waals surface area (Å²) in [6, 6.07) is 5.07. The van der Waals surface area contributed by atoms with Crippen LogP contribution in [0, 0.1) is 5.92 Å². The smallest absolute Gasteiger partial charge is 0.341 e. The van der Waals surface area contributed by atoms with Crippen LogP contribution >= 0.6 is 0 Å². The maximum atomic E-state index is 13.0. The molecule has 0 radical (unpaired) electrons. The third-order valence-corrected chi connectivity index (χ3v) is 4.80. The molecule has 0 aromatic heterocycles. The van der Waals surface area contributed by atoms with Crippen molar-refractivity contribution in [1.29, 1.82) is 0 Å². The number of rotatable bonds is 9. The molecule has 0 aliphatic heterocycles. The molecule has 0 bridgehead atoms. The van der Waals surface area contributed by atoms with E-state index in [2.05, 4.69) is 5.32 Å². The van der Waals surface area contributed by atoms with Crippen molar-refractivity contribution >= 4 is 17.6 Å². The molecule has 156 valence electrons. The lowest BCUT2D eigenvalue weighted by atomic mass is 9.83. The molecule has 0 atom stereocenters. The minimum Gasteiger partial charge on any atom is -0.492 e. The van der Waals surface area contributed by atoms with E-state index in [0.717, 1.165) is 19.3 Å². The van der Waals surface area contributed by atoms with Crippen molar-refractivity contribution < 1.29 is 23.8 Å². The SMILES string of the molecule is CCOC(=O)c1cc(NC(=O)C2(OCC)CCCCC2)ccc1OCC(C)C. The fourth-order valence-corrected chi connectivity index (χ4v) is 3.44. The van der Waals surface area contributed by atoms with E-state index < -0.39 is 11.6 Å².